The Bertz CT molecular complexity index is 174. The molecule has 0 aliphatic carbocycles. The Morgan fingerprint density at radius 2 is 2.10 bits per heavy atom. The van der Waals surface area contributed by atoms with Crippen LogP contribution in [-0.2, 0) is 9.59 Å². The zero-order valence-corrected chi connectivity index (χ0v) is 5.64. The van der Waals surface area contributed by atoms with Crippen molar-refractivity contribution in [1.82, 2.24) is 5.32 Å². The van der Waals surface area contributed by atoms with Gasteiger partial charge in [-0.3, -0.25) is 4.79 Å². The van der Waals surface area contributed by atoms with Crippen LogP contribution in [0.2, 0.25) is 0 Å². The van der Waals surface area contributed by atoms with Crippen molar-refractivity contribution in [2.45, 2.75) is 6.92 Å². The second kappa shape index (κ2) is 3.66. The Morgan fingerprint density at radius 3 is 2.40 bits per heavy atom. The van der Waals surface area contributed by atoms with Gasteiger partial charge >= 0.3 is 0 Å². The Morgan fingerprint density at radius 1 is 1.60 bits per heavy atom. The molecule has 0 rings (SSSR count). The number of hydrogen-bond donors (Lipinski definition) is 1. The molecule has 0 aromatic heterocycles. The van der Waals surface area contributed by atoms with Crippen LogP contribution in [0.1, 0.15) is 6.92 Å². The van der Waals surface area contributed by atoms with Gasteiger partial charge in [0, 0.05) is 13.5 Å². The van der Waals surface area contributed by atoms with Gasteiger partial charge in [0.25, 0.3) is 0 Å². The highest BCUT2D eigenvalue weighted by atomic mass is 16.4. The molecule has 0 saturated carbocycles. The van der Waals surface area contributed by atoms with Crippen molar-refractivity contribution < 1.29 is 14.7 Å². The summed E-state index contributed by atoms with van der Waals surface area (Å²) in [5.74, 6) is -1.63. The molecule has 0 aliphatic heterocycles. The van der Waals surface area contributed by atoms with Gasteiger partial charge in [-0.1, -0.05) is 6.58 Å². The molecule has 0 unspecified atom stereocenters. The largest absolute Gasteiger partial charge is 0.545 e. The van der Waals surface area contributed by atoms with Crippen LogP contribution in [0.25, 0.3) is 0 Å². The fourth-order valence-corrected chi connectivity index (χ4v) is 0.303. The fraction of sp³-hybridized carbons (Fsp3) is 0.333. The monoisotopic (exact) mass is 142 g/mol. The summed E-state index contributed by atoms with van der Waals surface area (Å²) in [6.07, 6.45) is 0. The van der Waals surface area contributed by atoms with Crippen molar-refractivity contribution in [2.75, 3.05) is 6.54 Å². The van der Waals surface area contributed by atoms with E-state index in [9.17, 15) is 14.7 Å². The van der Waals surface area contributed by atoms with Gasteiger partial charge in [0.2, 0.25) is 5.91 Å². The van der Waals surface area contributed by atoms with Crippen LogP contribution in [0.4, 0.5) is 0 Å². The Hall–Kier alpha value is -1.32. The summed E-state index contributed by atoms with van der Waals surface area (Å²) in [6.45, 7) is 4.39. The Labute approximate surface area is 58.5 Å². The first-order valence-corrected chi connectivity index (χ1v) is 2.67. The lowest BCUT2D eigenvalue weighted by Crippen LogP contribution is -2.31. The third-order valence-electron chi connectivity index (χ3n) is 0.839. The number of carboxylic acids is 1. The number of hydrogen-bond acceptors (Lipinski definition) is 3. The van der Waals surface area contributed by atoms with Crippen molar-refractivity contribution in [3.63, 3.8) is 0 Å². The maximum atomic E-state index is 10.2. The van der Waals surface area contributed by atoms with Crippen molar-refractivity contribution in [3.8, 4) is 0 Å². The number of rotatable bonds is 3. The van der Waals surface area contributed by atoms with Gasteiger partial charge in [-0.25, -0.2) is 0 Å². The molecule has 0 aromatic carbocycles. The second-order valence-electron chi connectivity index (χ2n) is 1.80. The maximum Gasteiger partial charge on any atom is 0.217 e. The van der Waals surface area contributed by atoms with Gasteiger partial charge in [-0.15, -0.1) is 0 Å². The summed E-state index contributed by atoms with van der Waals surface area (Å²) in [4.78, 5) is 20.2. The number of aliphatic carboxylic acids is 1. The van der Waals surface area contributed by atoms with Gasteiger partial charge < -0.3 is 15.2 Å². The fourth-order valence-electron chi connectivity index (χ4n) is 0.303. The highest BCUT2D eigenvalue weighted by molar-refractivity contribution is 5.85. The summed E-state index contributed by atoms with van der Waals surface area (Å²) in [7, 11) is 0. The van der Waals surface area contributed by atoms with Crippen molar-refractivity contribution in [2.24, 2.45) is 0 Å². The van der Waals surface area contributed by atoms with Crippen LogP contribution in [0.5, 0.6) is 0 Å². The first-order chi connectivity index (χ1) is 4.54. The molecule has 0 atom stereocenters. The summed E-state index contributed by atoms with van der Waals surface area (Å²) in [5.41, 5.74) is -0.129. The molecule has 0 spiro atoms. The average molecular weight is 142 g/mol. The molecular formula is C6H8NO3-. The SMILES string of the molecule is C=C(CNC(C)=O)C(=O)[O-]. The zero-order chi connectivity index (χ0) is 8.15. The molecule has 0 heterocycles. The van der Waals surface area contributed by atoms with Gasteiger partial charge in [-0.2, -0.15) is 0 Å². The molecule has 1 N–H and O–H groups in total. The molecule has 0 aromatic rings. The topological polar surface area (TPSA) is 69.2 Å². The number of nitrogens with one attached hydrogen (secondary N) is 1. The second-order valence-corrected chi connectivity index (χ2v) is 1.80. The van der Waals surface area contributed by atoms with Crippen LogP contribution < -0.4 is 10.4 Å². The van der Waals surface area contributed by atoms with E-state index in [0.717, 1.165) is 0 Å². The maximum absolute atomic E-state index is 10.2. The standard InChI is InChI=1S/C6H9NO3/c1-4(6(9)10)3-7-5(2)8/h1,3H2,2H3,(H,7,8)(H,9,10)/p-1. The van der Waals surface area contributed by atoms with E-state index in [1.807, 2.05) is 0 Å². The van der Waals surface area contributed by atoms with Crippen LogP contribution in [-0.4, -0.2) is 18.4 Å². The van der Waals surface area contributed by atoms with Crippen molar-refractivity contribution in [1.29, 1.82) is 0 Å². The molecule has 0 fully saturated rings. The van der Waals surface area contributed by atoms with E-state index < -0.39 is 5.97 Å². The van der Waals surface area contributed by atoms with E-state index in [0.29, 0.717) is 0 Å². The molecule has 10 heavy (non-hydrogen) atoms. The Balaban J connectivity index is 3.60. The molecule has 0 bridgehead atoms. The molecule has 56 valence electrons. The molecule has 0 saturated heterocycles. The van der Waals surface area contributed by atoms with E-state index in [2.05, 4.69) is 11.9 Å². The lowest BCUT2D eigenvalue weighted by molar-refractivity contribution is -0.299. The minimum Gasteiger partial charge on any atom is -0.545 e. The Kier molecular flexibility index (Phi) is 3.17. The molecule has 1 amide bonds. The highest BCUT2D eigenvalue weighted by Gasteiger charge is 1.94. The van der Waals surface area contributed by atoms with Gasteiger partial charge in [-0.05, 0) is 5.57 Å². The minimum atomic E-state index is -1.34. The van der Waals surface area contributed by atoms with Gasteiger partial charge in [0.1, 0.15) is 0 Å². The number of amides is 1. The number of carbonyl (C=O) groups is 2. The summed E-state index contributed by atoms with van der Waals surface area (Å²) < 4.78 is 0. The van der Waals surface area contributed by atoms with Crippen LogP contribution in [0, 0.1) is 0 Å². The molecule has 4 nitrogen and oxygen atoms in total. The van der Waals surface area contributed by atoms with E-state index in [1.54, 1.807) is 0 Å². The number of carbonyl (C=O) groups excluding carboxylic acids is 2. The van der Waals surface area contributed by atoms with Crippen LogP contribution in [0.15, 0.2) is 12.2 Å². The van der Waals surface area contributed by atoms with Crippen molar-refractivity contribution in [3.05, 3.63) is 12.2 Å². The molecule has 0 radical (unpaired) electrons. The first-order valence-electron chi connectivity index (χ1n) is 2.67. The summed E-state index contributed by atoms with van der Waals surface area (Å²) in [5, 5.41) is 12.2. The smallest absolute Gasteiger partial charge is 0.217 e. The quantitative estimate of drug-likeness (QED) is 0.484. The van der Waals surface area contributed by atoms with Gasteiger partial charge in [0.15, 0.2) is 0 Å². The predicted molar refractivity (Wildman–Crippen MR) is 32.8 cm³/mol. The van der Waals surface area contributed by atoms with Crippen molar-refractivity contribution >= 4 is 11.9 Å². The third-order valence-corrected chi connectivity index (χ3v) is 0.839. The van der Waals surface area contributed by atoms with Crippen LogP contribution >= 0.6 is 0 Å². The molecular weight excluding hydrogens is 134 g/mol. The lowest BCUT2D eigenvalue weighted by atomic mass is 10.3. The van der Waals surface area contributed by atoms with E-state index in [4.69, 9.17) is 0 Å². The van der Waals surface area contributed by atoms with Gasteiger partial charge in [0.05, 0.1) is 5.97 Å². The third kappa shape index (κ3) is 3.65. The number of carboxylic acid groups (broad SMARTS) is 1. The molecule has 0 aliphatic rings. The lowest BCUT2D eigenvalue weighted by Gasteiger charge is -2.05. The average Bonchev–Trinajstić information content (AvgIpc) is 1.82. The van der Waals surface area contributed by atoms with E-state index in [1.165, 1.54) is 6.92 Å². The molecule has 4 heteroatoms. The first kappa shape index (κ1) is 8.68. The summed E-state index contributed by atoms with van der Waals surface area (Å²) >= 11 is 0. The minimum absolute atomic E-state index is 0.0579. The van der Waals surface area contributed by atoms with E-state index >= 15 is 0 Å². The van der Waals surface area contributed by atoms with Crippen LogP contribution in [0.3, 0.4) is 0 Å². The van der Waals surface area contributed by atoms with E-state index in [-0.39, 0.29) is 18.0 Å². The predicted octanol–water partition coefficient (Wildman–Crippen LogP) is -1.57. The zero-order valence-electron chi connectivity index (χ0n) is 5.64. The summed E-state index contributed by atoms with van der Waals surface area (Å²) in [6, 6.07) is 0. The normalized spacial score (nSPS) is 8.50. The highest BCUT2D eigenvalue weighted by Crippen LogP contribution is 1.82.